The predicted octanol–water partition coefficient (Wildman–Crippen LogP) is 5.86. The van der Waals surface area contributed by atoms with Crippen molar-refractivity contribution in [3.8, 4) is 28.5 Å². The number of halogens is 3. The van der Waals surface area contributed by atoms with Crippen LogP contribution in [0.5, 0.6) is 17.2 Å². The number of hydrogen-bond donors (Lipinski definition) is 2. The van der Waals surface area contributed by atoms with Crippen molar-refractivity contribution < 1.29 is 22.6 Å². The van der Waals surface area contributed by atoms with Gasteiger partial charge in [-0.3, -0.25) is 4.98 Å². The van der Waals surface area contributed by atoms with Gasteiger partial charge in [0, 0.05) is 35.3 Å². The van der Waals surface area contributed by atoms with E-state index in [9.17, 15) is 13.2 Å². The summed E-state index contributed by atoms with van der Waals surface area (Å²) in [6.07, 6.45) is -3.12. The highest BCUT2D eigenvalue weighted by atomic mass is 19.4. The lowest BCUT2D eigenvalue weighted by atomic mass is 10.1. The molecule has 2 heterocycles. The SMILES string of the molecule is Cc1cc(Oc2ccc(Nc3cc(-c4cccc(OC(F)(F)F)c4)nc(N)n3)cc2)ccn1. The van der Waals surface area contributed by atoms with Gasteiger partial charge in [-0.25, -0.2) is 4.98 Å². The Bertz CT molecular complexity index is 1260. The van der Waals surface area contributed by atoms with Crippen LogP contribution in [-0.4, -0.2) is 21.3 Å². The van der Waals surface area contributed by atoms with E-state index in [4.69, 9.17) is 10.5 Å². The number of nitrogens with zero attached hydrogens (tertiary/aromatic N) is 3. The molecular weight excluding hydrogens is 435 g/mol. The molecule has 2 aromatic heterocycles. The van der Waals surface area contributed by atoms with Crippen LogP contribution in [0.1, 0.15) is 5.69 Å². The lowest BCUT2D eigenvalue weighted by molar-refractivity contribution is -0.274. The molecule has 0 spiro atoms. The van der Waals surface area contributed by atoms with Crippen LogP contribution >= 0.6 is 0 Å². The number of nitrogens with two attached hydrogens (primary N) is 1. The minimum absolute atomic E-state index is 0.0369. The smallest absolute Gasteiger partial charge is 0.457 e. The Morgan fingerprint density at radius 3 is 2.39 bits per heavy atom. The minimum Gasteiger partial charge on any atom is -0.457 e. The molecule has 10 heteroatoms. The molecule has 0 saturated heterocycles. The molecule has 0 fully saturated rings. The zero-order valence-electron chi connectivity index (χ0n) is 17.3. The fourth-order valence-electron chi connectivity index (χ4n) is 3.00. The Labute approximate surface area is 187 Å². The van der Waals surface area contributed by atoms with Crippen molar-refractivity contribution in [3.05, 3.63) is 78.6 Å². The zero-order valence-corrected chi connectivity index (χ0v) is 17.3. The molecule has 7 nitrogen and oxygen atoms in total. The number of ether oxygens (including phenoxy) is 2. The molecule has 4 rings (SSSR count). The Hall–Kier alpha value is -4.34. The number of aromatic nitrogens is 3. The van der Waals surface area contributed by atoms with E-state index in [1.165, 1.54) is 18.2 Å². The van der Waals surface area contributed by atoms with E-state index < -0.39 is 6.36 Å². The van der Waals surface area contributed by atoms with Crippen LogP contribution < -0.4 is 20.5 Å². The molecule has 2 aromatic carbocycles. The van der Waals surface area contributed by atoms with Crippen LogP contribution in [-0.2, 0) is 0 Å². The lowest BCUT2D eigenvalue weighted by Crippen LogP contribution is -2.17. The van der Waals surface area contributed by atoms with Gasteiger partial charge in [0.05, 0.1) is 5.69 Å². The van der Waals surface area contributed by atoms with Gasteiger partial charge in [-0.05, 0) is 49.4 Å². The lowest BCUT2D eigenvalue weighted by Gasteiger charge is -2.12. The molecule has 168 valence electrons. The first-order valence-electron chi connectivity index (χ1n) is 9.72. The molecule has 33 heavy (non-hydrogen) atoms. The highest BCUT2D eigenvalue weighted by Gasteiger charge is 2.31. The normalized spacial score (nSPS) is 11.2. The Kier molecular flexibility index (Phi) is 5.99. The van der Waals surface area contributed by atoms with Gasteiger partial charge in [-0.2, -0.15) is 4.98 Å². The fraction of sp³-hybridized carbons (Fsp3) is 0.0870. The van der Waals surface area contributed by atoms with Crippen LogP contribution in [0.3, 0.4) is 0 Å². The first-order valence-corrected chi connectivity index (χ1v) is 9.72. The zero-order chi connectivity index (χ0) is 23.4. The third-order valence-electron chi connectivity index (χ3n) is 4.34. The van der Waals surface area contributed by atoms with Crippen molar-refractivity contribution >= 4 is 17.5 Å². The summed E-state index contributed by atoms with van der Waals surface area (Å²) in [7, 11) is 0. The summed E-state index contributed by atoms with van der Waals surface area (Å²) in [4.78, 5) is 12.4. The number of anilines is 3. The summed E-state index contributed by atoms with van der Waals surface area (Å²) in [6.45, 7) is 1.88. The highest BCUT2D eigenvalue weighted by molar-refractivity contribution is 5.68. The summed E-state index contributed by atoms with van der Waals surface area (Å²) < 4.78 is 47.3. The fourth-order valence-corrected chi connectivity index (χ4v) is 3.00. The van der Waals surface area contributed by atoms with Crippen molar-refractivity contribution in [2.24, 2.45) is 0 Å². The van der Waals surface area contributed by atoms with Gasteiger partial charge in [0.2, 0.25) is 5.95 Å². The van der Waals surface area contributed by atoms with Crippen LogP contribution in [0.2, 0.25) is 0 Å². The third kappa shape index (κ3) is 6.10. The number of pyridine rings is 1. The van der Waals surface area contributed by atoms with E-state index in [-0.39, 0.29) is 11.7 Å². The number of hydrogen-bond acceptors (Lipinski definition) is 7. The summed E-state index contributed by atoms with van der Waals surface area (Å²) in [5.41, 5.74) is 8.09. The summed E-state index contributed by atoms with van der Waals surface area (Å²) in [5.74, 6) is 1.29. The molecular formula is C23H18F3N5O2. The second-order valence-corrected chi connectivity index (χ2v) is 6.96. The number of aryl methyl sites for hydroxylation is 1. The largest absolute Gasteiger partial charge is 0.573 e. The molecule has 3 N–H and O–H groups in total. The van der Waals surface area contributed by atoms with Crippen molar-refractivity contribution in [1.29, 1.82) is 0 Å². The van der Waals surface area contributed by atoms with E-state index >= 15 is 0 Å². The molecule has 0 bridgehead atoms. The Balaban J connectivity index is 1.51. The quantitative estimate of drug-likeness (QED) is 0.377. The van der Waals surface area contributed by atoms with Gasteiger partial charge < -0.3 is 20.5 Å². The molecule has 0 atom stereocenters. The number of benzene rings is 2. The molecule has 0 aliphatic heterocycles. The molecule has 0 amide bonds. The van der Waals surface area contributed by atoms with Crippen LogP contribution in [0, 0.1) is 6.92 Å². The molecule has 0 radical (unpaired) electrons. The van der Waals surface area contributed by atoms with Gasteiger partial charge in [0.1, 0.15) is 23.1 Å². The molecule has 0 unspecified atom stereocenters. The molecule has 4 aromatic rings. The number of nitrogens with one attached hydrogen (secondary N) is 1. The summed E-state index contributed by atoms with van der Waals surface area (Å²) >= 11 is 0. The average Bonchev–Trinajstić information content (AvgIpc) is 2.74. The van der Waals surface area contributed by atoms with Gasteiger partial charge in [0.15, 0.2) is 0 Å². The second kappa shape index (κ2) is 9.03. The monoisotopic (exact) mass is 453 g/mol. The first-order chi connectivity index (χ1) is 15.7. The van der Waals surface area contributed by atoms with E-state index in [1.807, 2.05) is 13.0 Å². The van der Waals surface area contributed by atoms with Crippen molar-refractivity contribution in [2.45, 2.75) is 13.3 Å². The topological polar surface area (TPSA) is 95.2 Å². The maximum Gasteiger partial charge on any atom is 0.573 e. The van der Waals surface area contributed by atoms with E-state index in [2.05, 4.69) is 25.0 Å². The average molecular weight is 453 g/mol. The number of rotatable bonds is 6. The van der Waals surface area contributed by atoms with Crippen LogP contribution in [0.15, 0.2) is 72.9 Å². The number of alkyl halides is 3. The van der Waals surface area contributed by atoms with Crippen LogP contribution in [0.25, 0.3) is 11.3 Å². The number of nitrogen functional groups attached to an aromatic ring is 1. The van der Waals surface area contributed by atoms with E-state index in [0.29, 0.717) is 34.3 Å². The second-order valence-electron chi connectivity index (χ2n) is 6.96. The summed E-state index contributed by atoms with van der Waals surface area (Å²) in [6, 6.07) is 17.8. The van der Waals surface area contributed by atoms with Crippen molar-refractivity contribution in [3.63, 3.8) is 0 Å². The predicted molar refractivity (Wildman–Crippen MR) is 117 cm³/mol. The minimum atomic E-state index is -4.79. The van der Waals surface area contributed by atoms with Gasteiger partial charge in [-0.1, -0.05) is 12.1 Å². The Morgan fingerprint density at radius 1 is 0.879 bits per heavy atom. The van der Waals surface area contributed by atoms with E-state index in [0.717, 1.165) is 5.69 Å². The maximum absolute atomic E-state index is 12.5. The van der Waals surface area contributed by atoms with Gasteiger partial charge in [0.25, 0.3) is 0 Å². The van der Waals surface area contributed by atoms with Gasteiger partial charge in [-0.15, -0.1) is 13.2 Å². The first kappa shape index (κ1) is 21.9. The standard InChI is InChI=1S/C23H18F3N5O2/c1-14-11-18(9-10-28-14)32-17-7-5-16(6-8-17)29-21-13-20(30-22(27)31-21)15-3-2-4-19(12-15)33-23(24,25)26/h2-13H,1H3,(H3,27,29,30,31). The molecule has 0 saturated carbocycles. The van der Waals surface area contributed by atoms with Crippen molar-refractivity contribution in [1.82, 2.24) is 15.0 Å². The molecule has 0 aliphatic carbocycles. The molecule has 0 aliphatic rings. The third-order valence-corrected chi connectivity index (χ3v) is 4.34. The highest BCUT2D eigenvalue weighted by Crippen LogP contribution is 2.29. The van der Waals surface area contributed by atoms with E-state index in [1.54, 1.807) is 48.7 Å². The van der Waals surface area contributed by atoms with Crippen LogP contribution in [0.4, 0.5) is 30.6 Å². The summed E-state index contributed by atoms with van der Waals surface area (Å²) in [5, 5.41) is 3.10. The van der Waals surface area contributed by atoms with Gasteiger partial charge >= 0.3 is 6.36 Å². The Morgan fingerprint density at radius 2 is 1.67 bits per heavy atom. The van der Waals surface area contributed by atoms with Crippen molar-refractivity contribution in [2.75, 3.05) is 11.1 Å². The maximum atomic E-state index is 12.5.